The molecule has 0 fully saturated rings. The van der Waals surface area contributed by atoms with E-state index in [0.29, 0.717) is 11.3 Å². The molecule has 4 heteroatoms. The summed E-state index contributed by atoms with van der Waals surface area (Å²) in [6.07, 6.45) is 1.65. The predicted octanol–water partition coefficient (Wildman–Crippen LogP) is 5.00. The number of aryl methyl sites for hydroxylation is 3. The van der Waals surface area contributed by atoms with Gasteiger partial charge in [-0.2, -0.15) is 0 Å². The van der Waals surface area contributed by atoms with Gasteiger partial charge in [0.2, 0.25) is 0 Å². The second-order valence-corrected chi connectivity index (χ2v) is 6.14. The van der Waals surface area contributed by atoms with E-state index in [1.54, 1.807) is 6.20 Å². The van der Waals surface area contributed by atoms with Gasteiger partial charge in [0.1, 0.15) is 5.82 Å². The van der Waals surface area contributed by atoms with Gasteiger partial charge in [0.05, 0.1) is 11.9 Å². The number of hydrogen-bond acceptors (Lipinski definition) is 3. The first-order chi connectivity index (χ1) is 12.0. The monoisotopic (exact) mass is 331 g/mol. The molecule has 3 aromatic rings. The van der Waals surface area contributed by atoms with Crippen LogP contribution in [0.4, 0.5) is 17.2 Å². The Morgan fingerprint density at radius 2 is 1.72 bits per heavy atom. The summed E-state index contributed by atoms with van der Waals surface area (Å²) in [5.74, 6) is 0.607. The Morgan fingerprint density at radius 3 is 2.40 bits per heavy atom. The molecule has 0 aliphatic rings. The van der Waals surface area contributed by atoms with E-state index in [4.69, 9.17) is 0 Å². The largest absolute Gasteiger partial charge is 0.340 e. The van der Waals surface area contributed by atoms with E-state index in [-0.39, 0.29) is 5.91 Å². The molecule has 3 rings (SSSR count). The van der Waals surface area contributed by atoms with Crippen molar-refractivity contribution in [2.75, 3.05) is 10.6 Å². The number of aromatic nitrogens is 1. The lowest BCUT2D eigenvalue weighted by atomic mass is 10.1. The number of carbonyl (C=O) groups excluding carboxylic acids is 1. The second-order valence-electron chi connectivity index (χ2n) is 6.14. The van der Waals surface area contributed by atoms with E-state index in [0.717, 1.165) is 17.1 Å². The van der Waals surface area contributed by atoms with Crippen LogP contribution in [0.3, 0.4) is 0 Å². The molecule has 0 aliphatic carbocycles. The average molecular weight is 331 g/mol. The topological polar surface area (TPSA) is 54.0 Å². The van der Waals surface area contributed by atoms with Gasteiger partial charge >= 0.3 is 0 Å². The number of hydrogen-bond donors (Lipinski definition) is 2. The summed E-state index contributed by atoms with van der Waals surface area (Å²) in [4.78, 5) is 16.7. The summed E-state index contributed by atoms with van der Waals surface area (Å²) in [6.45, 7) is 6.05. The number of carbonyl (C=O) groups is 1. The minimum absolute atomic E-state index is 0.130. The molecular formula is C21H21N3O. The van der Waals surface area contributed by atoms with Crippen LogP contribution in [0, 0.1) is 20.8 Å². The van der Waals surface area contributed by atoms with Crippen molar-refractivity contribution in [3.63, 3.8) is 0 Å². The molecular weight excluding hydrogens is 310 g/mol. The highest BCUT2D eigenvalue weighted by Gasteiger charge is 2.09. The molecule has 0 unspecified atom stereocenters. The van der Waals surface area contributed by atoms with E-state index >= 15 is 0 Å². The van der Waals surface area contributed by atoms with Crippen molar-refractivity contribution < 1.29 is 4.79 Å². The summed E-state index contributed by atoms with van der Waals surface area (Å²) >= 11 is 0. The molecule has 0 bridgehead atoms. The van der Waals surface area contributed by atoms with Crippen LogP contribution in [0.2, 0.25) is 0 Å². The Morgan fingerprint density at radius 1 is 0.920 bits per heavy atom. The van der Waals surface area contributed by atoms with Crippen LogP contribution in [0.15, 0.2) is 60.8 Å². The molecule has 126 valence electrons. The Balaban J connectivity index is 1.70. The predicted molar refractivity (Wildman–Crippen MR) is 103 cm³/mol. The van der Waals surface area contributed by atoms with Gasteiger partial charge in [0.25, 0.3) is 5.91 Å². The highest BCUT2D eigenvalue weighted by molar-refractivity contribution is 6.05. The summed E-state index contributed by atoms with van der Waals surface area (Å²) in [5.41, 5.74) is 5.69. The standard InChI is InChI=1S/C21H21N3O/c1-14-8-10-19(16(3)12-14)24-20-11-9-17(13-22-20)23-21(25)18-7-5-4-6-15(18)2/h4-13H,1-3H3,(H,22,24)(H,23,25). The van der Waals surface area contributed by atoms with Gasteiger partial charge in [0, 0.05) is 11.3 Å². The molecule has 0 spiro atoms. The van der Waals surface area contributed by atoms with E-state index in [1.807, 2.05) is 49.4 Å². The van der Waals surface area contributed by atoms with Crippen LogP contribution in [-0.2, 0) is 0 Å². The van der Waals surface area contributed by atoms with Gasteiger partial charge in [-0.05, 0) is 56.2 Å². The molecule has 1 heterocycles. The third-order valence-corrected chi connectivity index (χ3v) is 4.06. The number of nitrogens with one attached hydrogen (secondary N) is 2. The molecule has 0 saturated carbocycles. The lowest BCUT2D eigenvalue weighted by Crippen LogP contribution is -2.13. The number of amides is 1. The van der Waals surface area contributed by atoms with Gasteiger partial charge < -0.3 is 10.6 Å². The number of anilines is 3. The first-order valence-electron chi connectivity index (χ1n) is 8.20. The fraction of sp³-hybridized carbons (Fsp3) is 0.143. The zero-order valence-electron chi connectivity index (χ0n) is 14.6. The maximum atomic E-state index is 12.3. The molecule has 0 aliphatic heterocycles. The van der Waals surface area contributed by atoms with Crippen LogP contribution < -0.4 is 10.6 Å². The van der Waals surface area contributed by atoms with Gasteiger partial charge in [-0.25, -0.2) is 4.98 Å². The van der Waals surface area contributed by atoms with Crippen molar-refractivity contribution in [1.82, 2.24) is 4.98 Å². The quantitative estimate of drug-likeness (QED) is 0.707. The number of benzene rings is 2. The van der Waals surface area contributed by atoms with Crippen molar-refractivity contribution in [3.05, 3.63) is 83.0 Å². The lowest BCUT2D eigenvalue weighted by molar-refractivity contribution is 0.102. The van der Waals surface area contributed by atoms with Crippen LogP contribution >= 0.6 is 0 Å². The Kier molecular flexibility index (Phi) is 4.80. The Bertz CT molecular complexity index is 901. The van der Waals surface area contributed by atoms with Crippen molar-refractivity contribution in [1.29, 1.82) is 0 Å². The summed E-state index contributed by atoms with van der Waals surface area (Å²) in [5, 5.41) is 6.18. The third-order valence-electron chi connectivity index (χ3n) is 4.06. The first-order valence-corrected chi connectivity index (χ1v) is 8.20. The Labute approximate surface area is 147 Å². The molecule has 0 atom stereocenters. The zero-order valence-corrected chi connectivity index (χ0v) is 14.6. The maximum Gasteiger partial charge on any atom is 0.255 e. The lowest BCUT2D eigenvalue weighted by Gasteiger charge is -2.11. The number of rotatable bonds is 4. The van der Waals surface area contributed by atoms with E-state index < -0.39 is 0 Å². The molecule has 2 aromatic carbocycles. The average Bonchev–Trinajstić information content (AvgIpc) is 2.59. The molecule has 25 heavy (non-hydrogen) atoms. The zero-order chi connectivity index (χ0) is 17.8. The maximum absolute atomic E-state index is 12.3. The van der Waals surface area contributed by atoms with Crippen LogP contribution in [-0.4, -0.2) is 10.9 Å². The molecule has 1 aromatic heterocycles. The fourth-order valence-corrected chi connectivity index (χ4v) is 2.66. The Hall–Kier alpha value is -3.14. The number of nitrogens with zero attached hydrogens (tertiary/aromatic N) is 1. The van der Waals surface area contributed by atoms with Crippen molar-refractivity contribution in [2.45, 2.75) is 20.8 Å². The van der Waals surface area contributed by atoms with Gasteiger partial charge in [-0.3, -0.25) is 4.79 Å². The van der Waals surface area contributed by atoms with Crippen molar-refractivity contribution in [3.8, 4) is 0 Å². The van der Waals surface area contributed by atoms with Crippen LogP contribution in [0.1, 0.15) is 27.0 Å². The highest BCUT2D eigenvalue weighted by Crippen LogP contribution is 2.21. The normalized spacial score (nSPS) is 10.4. The minimum Gasteiger partial charge on any atom is -0.340 e. The van der Waals surface area contributed by atoms with Gasteiger partial charge in [-0.1, -0.05) is 35.9 Å². The van der Waals surface area contributed by atoms with Gasteiger partial charge in [0.15, 0.2) is 0 Å². The van der Waals surface area contributed by atoms with E-state index in [9.17, 15) is 4.79 Å². The smallest absolute Gasteiger partial charge is 0.255 e. The van der Waals surface area contributed by atoms with E-state index in [2.05, 4.69) is 41.6 Å². The second kappa shape index (κ2) is 7.18. The summed E-state index contributed by atoms with van der Waals surface area (Å²) in [6, 6.07) is 17.4. The third kappa shape index (κ3) is 4.04. The summed E-state index contributed by atoms with van der Waals surface area (Å²) in [7, 11) is 0. The van der Waals surface area contributed by atoms with Crippen molar-refractivity contribution >= 4 is 23.1 Å². The van der Waals surface area contributed by atoms with Crippen LogP contribution in [0.25, 0.3) is 0 Å². The molecule has 2 N–H and O–H groups in total. The minimum atomic E-state index is -0.130. The fourth-order valence-electron chi connectivity index (χ4n) is 2.66. The van der Waals surface area contributed by atoms with Gasteiger partial charge in [-0.15, -0.1) is 0 Å². The molecule has 0 saturated heterocycles. The number of pyridine rings is 1. The molecule has 1 amide bonds. The SMILES string of the molecule is Cc1ccc(Nc2ccc(NC(=O)c3ccccc3C)cn2)c(C)c1. The van der Waals surface area contributed by atoms with Crippen LogP contribution in [0.5, 0.6) is 0 Å². The highest BCUT2D eigenvalue weighted by atomic mass is 16.1. The van der Waals surface area contributed by atoms with E-state index in [1.165, 1.54) is 11.1 Å². The van der Waals surface area contributed by atoms with Crippen molar-refractivity contribution in [2.24, 2.45) is 0 Å². The first kappa shape index (κ1) is 16.7. The molecule has 4 nitrogen and oxygen atoms in total. The molecule has 0 radical (unpaired) electrons. The summed E-state index contributed by atoms with van der Waals surface area (Å²) < 4.78 is 0.